The number of para-hydroxylation sites is 2. The molecule has 1 amide bonds. The molecule has 2 heterocycles. The fourth-order valence-corrected chi connectivity index (χ4v) is 4.66. The summed E-state index contributed by atoms with van der Waals surface area (Å²) in [4.78, 5) is 39.8. The van der Waals surface area contributed by atoms with Crippen molar-refractivity contribution in [2.24, 2.45) is 0 Å². The Labute approximate surface area is 217 Å². The van der Waals surface area contributed by atoms with Crippen molar-refractivity contribution in [3.63, 3.8) is 0 Å². The maximum absolute atomic E-state index is 13.8. The molecule has 0 saturated carbocycles. The summed E-state index contributed by atoms with van der Waals surface area (Å²) in [6, 6.07) is 18.7. The van der Waals surface area contributed by atoms with E-state index in [-0.39, 0.29) is 23.4 Å². The van der Waals surface area contributed by atoms with Gasteiger partial charge in [-0.25, -0.2) is 4.79 Å². The summed E-state index contributed by atoms with van der Waals surface area (Å²) in [5, 5.41) is 20.8. The molecule has 192 valence electrons. The Morgan fingerprint density at radius 1 is 0.947 bits per heavy atom. The van der Waals surface area contributed by atoms with Crippen molar-refractivity contribution in [1.82, 2.24) is 4.90 Å². The number of ether oxygens (including phenoxy) is 2. The van der Waals surface area contributed by atoms with Crippen LogP contribution >= 0.6 is 0 Å². The Hall–Kier alpha value is -5.05. The molecular formula is C29H23NO8. The van der Waals surface area contributed by atoms with E-state index in [1.54, 1.807) is 54.6 Å². The van der Waals surface area contributed by atoms with Gasteiger partial charge < -0.3 is 29.0 Å². The number of carbonyl (C=O) groups excluding carboxylic acids is 2. The normalized spacial score (nSPS) is 15.3. The van der Waals surface area contributed by atoms with Gasteiger partial charge in [-0.05, 0) is 35.9 Å². The SMILES string of the molecule is COc1ccccc1C1C(C(=O)c2cc3cccc(OC)c3o2)=C(O)C(=O)N1Cc1ccc(C(=O)O)cc1. The molecule has 9 nitrogen and oxygen atoms in total. The highest BCUT2D eigenvalue weighted by Crippen LogP contribution is 2.43. The maximum atomic E-state index is 13.8. The van der Waals surface area contributed by atoms with Crippen molar-refractivity contribution in [2.75, 3.05) is 14.2 Å². The predicted molar refractivity (Wildman–Crippen MR) is 136 cm³/mol. The second-order valence-corrected chi connectivity index (χ2v) is 8.66. The monoisotopic (exact) mass is 513 g/mol. The number of Topliss-reactive ketones (excluding diaryl/α,β-unsaturated/α-hetero) is 1. The number of amides is 1. The van der Waals surface area contributed by atoms with E-state index < -0.39 is 29.5 Å². The van der Waals surface area contributed by atoms with E-state index in [0.717, 1.165) is 0 Å². The first-order chi connectivity index (χ1) is 18.3. The van der Waals surface area contributed by atoms with Crippen LogP contribution in [-0.4, -0.2) is 47.0 Å². The van der Waals surface area contributed by atoms with Gasteiger partial charge in [0.2, 0.25) is 5.78 Å². The molecule has 1 aliphatic heterocycles. The van der Waals surface area contributed by atoms with Crippen molar-refractivity contribution in [3.05, 3.63) is 107 Å². The van der Waals surface area contributed by atoms with Crippen molar-refractivity contribution >= 4 is 28.6 Å². The van der Waals surface area contributed by atoms with Gasteiger partial charge in [0, 0.05) is 17.5 Å². The quantitative estimate of drug-likeness (QED) is 0.318. The number of aliphatic hydroxyl groups is 1. The molecule has 38 heavy (non-hydrogen) atoms. The van der Waals surface area contributed by atoms with Crippen LogP contribution in [0.1, 0.15) is 38.1 Å². The number of fused-ring (bicyclic) bond motifs is 1. The summed E-state index contributed by atoms with van der Waals surface area (Å²) in [5.41, 5.74) is 1.41. The molecule has 0 saturated heterocycles. The molecule has 0 aliphatic carbocycles. The van der Waals surface area contributed by atoms with Gasteiger partial charge in [-0.3, -0.25) is 9.59 Å². The molecule has 5 rings (SSSR count). The van der Waals surface area contributed by atoms with Crippen molar-refractivity contribution in [2.45, 2.75) is 12.6 Å². The van der Waals surface area contributed by atoms with Crippen LogP contribution in [0.3, 0.4) is 0 Å². The molecule has 1 atom stereocenters. The zero-order chi connectivity index (χ0) is 27.0. The molecule has 1 aromatic heterocycles. The van der Waals surface area contributed by atoms with E-state index in [9.17, 15) is 24.6 Å². The van der Waals surface area contributed by atoms with Crippen molar-refractivity contribution in [1.29, 1.82) is 0 Å². The molecule has 0 bridgehead atoms. The van der Waals surface area contributed by atoms with Crippen molar-refractivity contribution < 1.29 is 38.5 Å². The molecule has 0 fully saturated rings. The minimum Gasteiger partial charge on any atom is -0.503 e. The summed E-state index contributed by atoms with van der Waals surface area (Å²) in [6.45, 7) is -0.00373. The van der Waals surface area contributed by atoms with Crippen molar-refractivity contribution in [3.8, 4) is 11.5 Å². The Balaban J connectivity index is 1.60. The molecular weight excluding hydrogens is 490 g/mol. The van der Waals surface area contributed by atoms with Crippen LogP contribution in [0.2, 0.25) is 0 Å². The highest BCUT2D eigenvalue weighted by atomic mass is 16.5. The lowest BCUT2D eigenvalue weighted by molar-refractivity contribution is -0.130. The highest BCUT2D eigenvalue weighted by Gasteiger charge is 2.45. The first kappa shape index (κ1) is 24.6. The van der Waals surface area contributed by atoms with Crippen LogP contribution in [0, 0.1) is 0 Å². The number of ketones is 1. The Morgan fingerprint density at radius 2 is 1.63 bits per heavy atom. The van der Waals surface area contributed by atoms with Crippen LogP contribution in [0.25, 0.3) is 11.0 Å². The minimum atomic E-state index is -1.07. The lowest BCUT2D eigenvalue weighted by atomic mass is 9.94. The first-order valence-corrected chi connectivity index (χ1v) is 11.6. The van der Waals surface area contributed by atoms with E-state index in [4.69, 9.17) is 13.9 Å². The Kier molecular flexibility index (Phi) is 6.34. The average molecular weight is 514 g/mol. The third-order valence-electron chi connectivity index (χ3n) is 6.49. The number of nitrogens with zero attached hydrogens (tertiary/aromatic N) is 1. The highest BCUT2D eigenvalue weighted by molar-refractivity contribution is 6.16. The molecule has 4 aromatic rings. The predicted octanol–water partition coefficient (Wildman–Crippen LogP) is 4.93. The van der Waals surface area contributed by atoms with E-state index in [1.165, 1.54) is 37.3 Å². The zero-order valence-corrected chi connectivity index (χ0v) is 20.5. The molecule has 2 N–H and O–H groups in total. The summed E-state index contributed by atoms with van der Waals surface area (Å²) in [7, 11) is 2.96. The van der Waals surface area contributed by atoms with Gasteiger partial charge >= 0.3 is 5.97 Å². The van der Waals surface area contributed by atoms with Gasteiger partial charge in [-0.2, -0.15) is 0 Å². The Morgan fingerprint density at radius 3 is 2.32 bits per heavy atom. The number of carboxylic acid groups (broad SMARTS) is 1. The summed E-state index contributed by atoms with van der Waals surface area (Å²) in [5.74, 6) is -2.38. The number of methoxy groups -OCH3 is 2. The lowest BCUT2D eigenvalue weighted by Crippen LogP contribution is -2.31. The third-order valence-corrected chi connectivity index (χ3v) is 6.49. The minimum absolute atomic E-state index is 0.00373. The number of aromatic carboxylic acids is 1. The summed E-state index contributed by atoms with van der Waals surface area (Å²) in [6.07, 6.45) is 0. The van der Waals surface area contributed by atoms with E-state index in [1.807, 2.05) is 0 Å². The molecule has 0 radical (unpaired) electrons. The number of furan rings is 1. The third kappa shape index (κ3) is 4.13. The largest absolute Gasteiger partial charge is 0.503 e. The number of aliphatic hydroxyl groups excluding tert-OH is 1. The second-order valence-electron chi connectivity index (χ2n) is 8.66. The topological polar surface area (TPSA) is 127 Å². The van der Waals surface area contributed by atoms with Gasteiger partial charge in [-0.1, -0.05) is 42.5 Å². The summed E-state index contributed by atoms with van der Waals surface area (Å²) >= 11 is 0. The fraction of sp³-hybridized carbons (Fsp3) is 0.138. The maximum Gasteiger partial charge on any atom is 0.335 e. The Bertz CT molecular complexity index is 1600. The number of carbonyl (C=O) groups is 3. The lowest BCUT2D eigenvalue weighted by Gasteiger charge is -2.28. The van der Waals surface area contributed by atoms with Gasteiger partial charge in [0.1, 0.15) is 5.75 Å². The smallest absolute Gasteiger partial charge is 0.335 e. The second kappa shape index (κ2) is 9.78. The standard InChI is InChI=1S/C29H23NO8/c1-36-20-8-4-3-7-19(20)24-23(25(31)22-14-18-6-5-9-21(37-2)27(18)38-22)26(32)28(33)30(24)15-16-10-12-17(13-11-16)29(34)35/h3-14,24,32H,15H2,1-2H3,(H,34,35). The molecule has 9 heteroatoms. The molecule has 0 spiro atoms. The molecule has 1 unspecified atom stereocenters. The number of carboxylic acids is 1. The zero-order valence-electron chi connectivity index (χ0n) is 20.5. The van der Waals surface area contributed by atoms with Crippen LogP contribution in [0.4, 0.5) is 0 Å². The van der Waals surface area contributed by atoms with Gasteiger partial charge in [0.05, 0.1) is 31.4 Å². The molecule has 1 aliphatic rings. The fourth-order valence-electron chi connectivity index (χ4n) is 4.66. The van der Waals surface area contributed by atoms with Crippen LogP contribution in [-0.2, 0) is 11.3 Å². The number of rotatable bonds is 8. The van der Waals surface area contributed by atoms with Crippen LogP contribution in [0.15, 0.2) is 88.5 Å². The van der Waals surface area contributed by atoms with E-state index in [0.29, 0.717) is 33.6 Å². The summed E-state index contributed by atoms with van der Waals surface area (Å²) < 4.78 is 16.7. The number of hydrogen-bond donors (Lipinski definition) is 2. The van der Waals surface area contributed by atoms with Gasteiger partial charge in [0.15, 0.2) is 22.9 Å². The number of hydrogen-bond acceptors (Lipinski definition) is 7. The van der Waals surface area contributed by atoms with E-state index in [2.05, 4.69) is 0 Å². The van der Waals surface area contributed by atoms with Gasteiger partial charge in [-0.15, -0.1) is 0 Å². The van der Waals surface area contributed by atoms with Crippen LogP contribution in [0.5, 0.6) is 11.5 Å². The number of benzene rings is 3. The average Bonchev–Trinajstić information content (AvgIpc) is 3.48. The molecule has 3 aromatic carbocycles. The first-order valence-electron chi connectivity index (χ1n) is 11.6. The van der Waals surface area contributed by atoms with E-state index >= 15 is 0 Å². The van der Waals surface area contributed by atoms with Gasteiger partial charge in [0.25, 0.3) is 5.91 Å². The van der Waals surface area contributed by atoms with Crippen LogP contribution < -0.4 is 9.47 Å².